The molecule has 2 unspecified atom stereocenters. The Morgan fingerprint density at radius 3 is 2.76 bits per heavy atom. The van der Waals surface area contributed by atoms with Crippen LogP contribution in [0.5, 0.6) is 11.5 Å². The van der Waals surface area contributed by atoms with Gasteiger partial charge in [0.15, 0.2) is 29.3 Å². The molecule has 0 bridgehead atoms. The van der Waals surface area contributed by atoms with Crippen molar-refractivity contribution in [3.63, 3.8) is 0 Å². The van der Waals surface area contributed by atoms with Crippen molar-refractivity contribution < 1.29 is 19.1 Å². The number of rotatable bonds is 4. The highest BCUT2D eigenvalue weighted by Crippen LogP contribution is 2.34. The van der Waals surface area contributed by atoms with E-state index in [1.807, 2.05) is 49.4 Å². The van der Waals surface area contributed by atoms with E-state index in [0.717, 1.165) is 11.1 Å². The summed E-state index contributed by atoms with van der Waals surface area (Å²) < 4.78 is 11.5. The minimum Gasteiger partial charge on any atom is -0.485 e. The van der Waals surface area contributed by atoms with Crippen molar-refractivity contribution in [3.05, 3.63) is 59.7 Å². The number of nitrogens with zero attached hydrogens (tertiary/aromatic N) is 2. The standard InChI is InChI=1S/C22H23N3O4/c1-22(12-20(27)25(2)21(23)24-22)15-7-5-6-14(10-15)11-16(26)19-13-28-17-8-3-4-9-18(17)29-19/h3-10,19H,11-13H2,1-2H3,(H2,23,24). The number of carbonyl (C=O) groups is 2. The van der Waals surface area contributed by atoms with Crippen LogP contribution in [-0.2, 0) is 21.5 Å². The normalized spacial score (nSPS) is 23.5. The molecule has 1 amide bonds. The zero-order valence-electron chi connectivity index (χ0n) is 16.4. The molecule has 2 aliphatic heterocycles. The van der Waals surface area contributed by atoms with Crippen molar-refractivity contribution >= 4 is 17.6 Å². The summed E-state index contributed by atoms with van der Waals surface area (Å²) in [6, 6.07) is 14.9. The summed E-state index contributed by atoms with van der Waals surface area (Å²) in [4.78, 5) is 30.9. The molecule has 0 spiro atoms. The topological polar surface area (TPSA) is 94.2 Å². The van der Waals surface area contributed by atoms with Crippen molar-refractivity contribution in [2.45, 2.75) is 31.4 Å². The van der Waals surface area contributed by atoms with Gasteiger partial charge in [0, 0.05) is 13.5 Å². The Morgan fingerprint density at radius 1 is 1.24 bits per heavy atom. The van der Waals surface area contributed by atoms with Gasteiger partial charge in [-0.15, -0.1) is 0 Å². The quantitative estimate of drug-likeness (QED) is 0.858. The first-order valence-corrected chi connectivity index (χ1v) is 9.48. The molecule has 0 radical (unpaired) electrons. The second kappa shape index (κ2) is 7.24. The number of guanidine groups is 1. The van der Waals surface area contributed by atoms with Crippen LogP contribution in [0.25, 0.3) is 0 Å². The number of carbonyl (C=O) groups excluding carboxylic acids is 2. The largest absolute Gasteiger partial charge is 0.485 e. The number of benzene rings is 2. The van der Waals surface area contributed by atoms with E-state index in [9.17, 15) is 9.59 Å². The van der Waals surface area contributed by atoms with Crippen LogP contribution in [0.3, 0.4) is 0 Å². The van der Waals surface area contributed by atoms with E-state index in [-0.39, 0.29) is 37.1 Å². The lowest BCUT2D eigenvalue weighted by molar-refractivity contribution is -0.129. The summed E-state index contributed by atoms with van der Waals surface area (Å²) in [7, 11) is 1.61. The highest BCUT2D eigenvalue weighted by molar-refractivity contribution is 5.98. The molecule has 150 valence electrons. The van der Waals surface area contributed by atoms with Gasteiger partial charge >= 0.3 is 0 Å². The Morgan fingerprint density at radius 2 is 2.00 bits per heavy atom. The van der Waals surface area contributed by atoms with Gasteiger partial charge in [-0.1, -0.05) is 36.4 Å². The van der Waals surface area contributed by atoms with Gasteiger partial charge in [-0.25, -0.2) is 4.99 Å². The van der Waals surface area contributed by atoms with Crippen molar-refractivity contribution in [2.75, 3.05) is 13.7 Å². The Bertz CT molecular complexity index is 1000. The molecule has 4 rings (SSSR count). The van der Waals surface area contributed by atoms with Crippen molar-refractivity contribution in [1.29, 1.82) is 0 Å². The molecule has 7 heteroatoms. The molecular formula is C22H23N3O4. The van der Waals surface area contributed by atoms with Crippen LogP contribution in [0, 0.1) is 0 Å². The number of fused-ring (bicyclic) bond motifs is 1. The predicted molar refractivity (Wildman–Crippen MR) is 108 cm³/mol. The fraction of sp³-hybridized carbons (Fsp3) is 0.318. The molecule has 0 saturated heterocycles. The molecule has 29 heavy (non-hydrogen) atoms. The van der Waals surface area contributed by atoms with Crippen molar-refractivity contribution in [1.82, 2.24) is 4.90 Å². The average molecular weight is 393 g/mol. The molecule has 2 N–H and O–H groups in total. The maximum absolute atomic E-state index is 12.8. The third-order valence-electron chi connectivity index (χ3n) is 5.37. The van der Waals surface area contributed by atoms with E-state index >= 15 is 0 Å². The number of ether oxygens (including phenoxy) is 2. The molecule has 0 fully saturated rings. The number of hydrogen-bond donors (Lipinski definition) is 1. The Kier molecular flexibility index (Phi) is 4.74. The predicted octanol–water partition coefficient (Wildman–Crippen LogP) is 2.03. The van der Waals surface area contributed by atoms with Gasteiger partial charge in [0.2, 0.25) is 5.91 Å². The van der Waals surface area contributed by atoms with Gasteiger partial charge in [-0.2, -0.15) is 0 Å². The summed E-state index contributed by atoms with van der Waals surface area (Å²) >= 11 is 0. The lowest BCUT2D eigenvalue weighted by Gasteiger charge is -2.33. The first-order chi connectivity index (χ1) is 13.9. The second-order valence-corrected chi connectivity index (χ2v) is 7.58. The fourth-order valence-corrected chi connectivity index (χ4v) is 3.58. The molecule has 0 saturated carbocycles. The smallest absolute Gasteiger partial charge is 0.231 e. The molecule has 2 atom stereocenters. The van der Waals surface area contributed by atoms with Gasteiger partial charge < -0.3 is 15.2 Å². The molecule has 7 nitrogen and oxygen atoms in total. The minimum atomic E-state index is -0.754. The number of hydrogen-bond acceptors (Lipinski definition) is 6. The average Bonchev–Trinajstić information content (AvgIpc) is 2.72. The molecular weight excluding hydrogens is 370 g/mol. The first kappa shape index (κ1) is 19.0. The summed E-state index contributed by atoms with van der Waals surface area (Å²) in [5.41, 5.74) is 6.83. The second-order valence-electron chi connectivity index (χ2n) is 7.58. The fourth-order valence-electron chi connectivity index (χ4n) is 3.58. The number of Topliss-reactive ketones (excluding diaryl/α,β-unsaturated/α-hetero) is 1. The number of aliphatic imine (C=N–C) groups is 1. The molecule has 2 aromatic rings. The number of nitrogens with two attached hydrogens (primary N) is 1. The molecule has 2 aromatic carbocycles. The highest BCUT2D eigenvalue weighted by atomic mass is 16.6. The highest BCUT2D eigenvalue weighted by Gasteiger charge is 2.36. The zero-order valence-corrected chi connectivity index (χ0v) is 16.4. The van der Waals surface area contributed by atoms with E-state index in [0.29, 0.717) is 11.5 Å². The van der Waals surface area contributed by atoms with E-state index < -0.39 is 11.6 Å². The molecule has 2 heterocycles. The van der Waals surface area contributed by atoms with Gasteiger partial charge in [0.25, 0.3) is 0 Å². The summed E-state index contributed by atoms with van der Waals surface area (Å²) in [6.45, 7) is 2.07. The SMILES string of the molecule is CN1C(=O)CC(C)(c2cccc(CC(=O)C3COc4ccccc4O3)c2)N=C1N. The van der Waals surface area contributed by atoms with Gasteiger partial charge in [-0.05, 0) is 30.2 Å². The van der Waals surface area contributed by atoms with E-state index in [2.05, 4.69) is 4.99 Å². The van der Waals surface area contributed by atoms with Gasteiger partial charge in [0.1, 0.15) is 6.61 Å². The zero-order chi connectivity index (χ0) is 20.6. The number of amides is 1. The van der Waals surface area contributed by atoms with Crippen LogP contribution in [0.15, 0.2) is 53.5 Å². The van der Waals surface area contributed by atoms with Crippen LogP contribution in [0.2, 0.25) is 0 Å². The Hall–Kier alpha value is -3.35. The molecule has 0 aliphatic carbocycles. The van der Waals surface area contributed by atoms with Crippen LogP contribution < -0.4 is 15.2 Å². The molecule has 0 aromatic heterocycles. The van der Waals surface area contributed by atoms with Crippen molar-refractivity contribution in [3.8, 4) is 11.5 Å². The lowest BCUT2D eigenvalue weighted by atomic mass is 9.86. The van der Waals surface area contributed by atoms with E-state index in [1.165, 1.54) is 4.90 Å². The van der Waals surface area contributed by atoms with E-state index in [4.69, 9.17) is 15.2 Å². The molecule has 2 aliphatic rings. The van der Waals surface area contributed by atoms with E-state index in [1.54, 1.807) is 13.1 Å². The summed E-state index contributed by atoms with van der Waals surface area (Å²) in [6.07, 6.45) is -0.229. The summed E-state index contributed by atoms with van der Waals surface area (Å²) in [5, 5.41) is 0. The maximum Gasteiger partial charge on any atom is 0.231 e. The number of para-hydroxylation sites is 2. The third kappa shape index (κ3) is 3.68. The maximum atomic E-state index is 12.8. The van der Waals surface area contributed by atoms with Gasteiger partial charge in [0.05, 0.1) is 12.0 Å². The lowest BCUT2D eigenvalue weighted by Crippen LogP contribution is -2.47. The van der Waals surface area contributed by atoms with Crippen LogP contribution in [-0.4, -0.2) is 42.3 Å². The first-order valence-electron chi connectivity index (χ1n) is 9.48. The van der Waals surface area contributed by atoms with Crippen LogP contribution in [0.1, 0.15) is 24.5 Å². The summed E-state index contributed by atoms with van der Waals surface area (Å²) in [5.74, 6) is 1.26. The van der Waals surface area contributed by atoms with Gasteiger partial charge in [-0.3, -0.25) is 14.5 Å². The third-order valence-corrected chi connectivity index (χ3v) is 5.37. The van der Waals surface area contributed by atoms with Crippen LogP contribution >= 0.6 is 0 Å². The van der Waals surface area contributed by atoms with Crippen molar-refractivity contribution in [2.24, 2.45) is 10.7 Å². The van der Waals surface area contributed by atoms with Crippen LogP contribution in [0.4, 0.5) is 0 Å². The Balaban J connectivity index is 1.51. The number of ketones is 1. The minimum absolute atomic E-state index is 0.0655. The monoisotopic (exact) mass is 393 g/mol. The Labute approximate surface area is 169 Å².